The Labute approximate surface area is 159 Å². The van der Waals surface area contributed by atoms with E-state index in [1.54, 1.807) is 13.0 Å². The van der Waals surface area contributed by atoms with Crippen LogP contribution in [0.15, 0.2) is 18.2 Å². The van der Waals surface area contributed by atoms with Crippen molar-refractivity contribution in [2.24, 2.45) is 5.92 Å². The second-order valence-electron chi connectivity index (χ2n) is 6.58. The Morgan fingerprint density at radius 3 is 2.52 bits per heavy atom. The van der Waals surface area contributed by atoms with Crippen molar-refractivity contribution in [1.82, 2.24) is 5.32 Å². The highest BCUT2D eigenvalue weighted by molar-refractivity contribution is 7.92. The normalized spacial score (nSPS) is 17.1. The van der Waals surface area contributed by atoms with Crippen molar-refractivity contribution in [2.45, 2.75) is 45.1 Å². The summed E-state index contributed by atoms with van der Waals surface area (Å²) < 4.78 is 25.6. The van der Waals surface area contributed by atoms with Crippen LogP contribution in [-0.2, 0) is 14.8 Å². The summed E-state index contributed by atoms with van der Waals surface area (Å²) in [4.78, 5) is 12.6. The van der Waals surface area contributed by atoms with E-state index >= 15 is 0 Å². The van der Waals surface area contributed by atoms with E-state index in [4.69, 9.17) is 23.2 Å². The molecule has 2 rings (SSSR count). The number of halogens is 2. The van der Waals surface area contributed by atoms with Gasteiger partial charge in [0.05, 0.1) is 17.0 Å². The summed E-state index contributed by atoms with van der Waals surface area (Å²) in [6.07, 6.45) is 6.87. The van der Waals surface area contributed by atoms with Gasteiger partial charge in [-0.2, -0.15) is 0 Å². The van der Waals surface area contributed by atoms with Gasteiger partial charge in [0.15, 0.2) is 0 Å². The fourth-order valence-corrected chi connectivity index (χ4v) is 4.82. The summed E-state index contributed by atoms with van der Waals surface area (Å²) in [5.74, 6) is 0.124. The molecule has 0 aliphatic heterocycles. The molecule has 0 spiro atoms. The summed E-state index contributed by atoms with van der Waals surface area (Å²) in [6.45, 7) is 2.12. The van der Waals surface area contributed by atoms with Gasteiger partial charge in [-0.05, 0) is 43.9 Å². The Morgan fingerprint density at radius 1 is 1.28 bits per heavy atom. The summed E-state index contributed by atoms with van der Waals surface area (Å²) in [7, 11) is -3.72. The van der Waals surface area contributed by atoms with Gasteiger partial charge in [0.2, 0.25) is 15.9 Å². The molecular weight excluding hydrogens is 383 g/mol. The number of carbonyl (C=O) groups excluding carboxylic acids is 1. The third-order valence-electron chi connectivity index (χ3n) is 4.52. The van der Waals surface area contributed by atoms with Crippen molar-refractivity contribution in [1.29, 1.82) is 0 Å². The first-order chi connectivity index (χ1) is 11.7. The van der Waals surface area contributed by atoms with Crippen molar-refractivity contribution in [3.8, 4) is 0 Å². The molecule has 0 aromatic heterocycles. The number of anilines is 1. The van der Waals surface area contributed by atoms with E-state index in [1.165, 1.54) is 31.4 Å². The maximum atomic E-state index is 12.6. The zero-order valence-corrected chi connectivity index (χ0v) is 16.8. The van der Waals surface area contributed by atoms with Crippen LogP contribution in [0.2, 0.25) is 10.0 Å². The molecule has 1 N–H and O–H groups in total. The maximum Gasteiger partial charge on any atom is 0.243 e. The zero-order valence-electron chi connectivity index (χ0n) is 14.5. The molecule has 0 radical (unpaired) electrons. The standard InChI is InChI=1S/C17H24Cl2N2O3S/c1-12(17(22)20-11-13-6-4-3-5-7-13)21(25(2,23)24)16-10-14(18)8-9-15(16)19/h8-10,12-13H,3-7,11H2,1-2H3,(H,20,22)/t12-/m0/s1. The highest BCUT2D eigenvalue weighted by Gasteiger charge is 2.31. The summed E-state index contributed by atoms with van der Waals surface area (Å²) in [5, 5.41) is 3.46. The molecule has 1 saturated carbocycles. The second-order valence-corrected chi connectivity index (χ2v) is 9.28. The summed E-state index contributed by atoms with van der Waals surface area (Å²) in [5.41, 5.74) is 0.206. The molecule has 1 aliphatic carbocycles. The largest absolute Gasteiger partial charge is 0.354 e. The molecule has 0 saturated heterocycles. The highest BCUT2D eigenvalue weighted by atomic mass is 35.5. The van der Waals surface area contributed by atoms with Gasteiger partial charge >= 0.3 is 0 Å². The minimum atomic E-state index is -3.72. The van der Waals surface area contributed by atoms with Crippen molar-refractivity contribution >= 4 is 44.8 Å². The molecule has 1 aliphatic rings. The number of rotatable bonds is 6. The second kappa shape index (κ2) is 8.60. The van der Waals surface area contributed by atoms with Crippen molar-refractivity contribution in [3.05, 3.63) is 28.2 Å². The molecule has 1 fully saturated rings. The van der Waals surface area contributed by atoms with Crippen LogP contribution >= 0.6 is 23.2 Å². The molecule has 1 aromatic carbocycles. The van der Waals surface area contributed by atoms with Crippen LogP contribution in [-0.4, -0.2) is 33.2 Å². The van der Waals surface area contributed by atoms with Crippen LogP contribution in [0, 0.1) is 5.92 Å². The molecule has 0 unspecified atom stereocenters. The van der Waals surface area contributed by atoms with Crippen LogP contribution in [0.5, 0.6) is 0 Å². The molecule has 25 heavy (non-hydrogen) atoms. The van der Waals surface area contributed by atoms with Crippen LogP contribution in [0.3, 0.4) is 0 Å². The number of hydrogen-bond acceptors (Lipinski definition) is 3. The van der Waals surface area contributed by atoms with E-state index in [0.29, 0.717) is 17.5 Å². The van der Waals surface area contributed by atoms with Crippen LogP contribution in [0.25, 0.3) is 0 Å². The van der Waals surface area contributed by atoms with Crippen molar-refractivity contribution < 1.29 is 13.2 Å². The third-order valence-corrected chi connectivity index (χ3v) is 6.31. The van der Waals surface area contributed by atoms with Crippen LogP contribution in [0.4, 0.5) is 5.69 Å². The van der Waals surface area contributed by atoms with E-state index in [1.807, 2.05) is 0 Å². The van der Waals surface area contributed by atoms with E-state index in [-0.39, 0.29) is 16.6 Å². The van der Waals surface area contributed by atoms with E-state index in [9.17, 15) is 13.2 Å². The molecule has 5 nitrogen and oxygen atoms in total. The van der Waals surface area contributed by atoms with Gasteiger partial charge in [-0.3, -0.25) is 9.10 Å². The molecular formula is C17H24Cl2N2O3S. The minimum Gasteiger partial charge on any atom is -0.354 e. The monoisotopic (exact) mass is 406 g/mol. The number of benzene rings is 1. The zero-order chi connectivity index (χ0) is 18.6. The first-order valence-corrected chi connectivity index (χ1v) is 11.0. The van der Waals surface area contributed by atoms with Gasteiger partial charge in [-0.1, -0.05) is 42.5 Å². The maximum absolute atomic E-state index is 12.6. The van der Waals surface area contributed by atoms with Gasteiger partial charge in [-0.25, -0.2) is 8.42 Å². The number of sulfonamides is 1. The van der Waals surface area contributed by atoms with Gasteiger partial charge in [-0.15, -0.1) is 0 Å². The van der Waals surface area contributed by atoms with E-state index < -0.39 is 16.1 Å². The highest BCUT2D eigenvalue weighted by Crippen LogP contribution is 2.32. The Bertz CT molecular complexity index is 719. The number of hydrogen-bond donors (Lipinski definition) is 1. The quantitative estimate of drug-likeness (QED) is 0.779. The molecule has 0 bridgehead atoms. The SMILES string of the molecule is C[C@@H](C(=O)NCC1CCCCC1)N(c1cc(Cl)ccc1Cl)S(C)(=O)=O. The average Bonchev–Trinajstić information content (AvgIpc) is 2.55. The minimum absolute atomic E-state index is 0.206. The lowest BCUT2D eigenvalue weighted by atomic mass is 9.89. The fourth-order valence-electron chi connectivity index (χ4n) is 3.22. The van der Waals surface area contributed by atoms with E-state index in [0.717, 1.165) is 23.4 Å². The number of carbonyl (C=O) groups is 1. The topological polar surface area (TPSA) is 66.5 Å². The molecule has 1 aromatic rings. The lowest BCUT2D eigenvalue weighted by Crippen LogP contribution is -2.49. The van der Waals surface area contributed by atoms with E-state index in [2.05, 4.69) is 5.32 Å². The summed E-state index contributed by atoms with van der Waals surface area (Å²) >= 11 is 12.1. The first-order valence-electron chi connectivity index (χ1n) is 8.42. The van der Waals surface area contributed by atoms with Gasteiger partial charge in [0, 0.05) is 11.6 Å². The van der Waals surface area contributed by atoms with Gasteiger partial charge in [0.25, 0.3) is 0 Å². The predicted molar refractivity (Wildman–Crippen MR) is 103 cm³/mol. The predicted octanol–water partition coefficient (Wildman–Crippen LogP) is 3.84. The van der Waals surface area contributed by atoms with Gasteiger partial charge < -0.3 is 5.32 Å². The fraction of sp³-hybridized carbons (Fsp3) is 0.588. The van der Waals surface area contributed by atoms with Crippen LogP contribution < -0.4 is 9.62 Å². The number of amides is 1. The Hall–Kier alpha value is -0.980. The molecule has 140 valence electrons. The number of nitrogens with one attached hydrogen (secondary N) is 1. The molecule has 1 amide bonds. The lowest BCUT2D eigenvalue weighted by Gasteiger charge is -2.30. The Morgan fingerprint density at radius 2 is 1.92 bits per heavy atom. The number of nitrogens with zero attached hydrogens (tertiary/aromatic N) is 1. The first kappa shape index (κ1) is 20.3. The van der Waals surface area contributed by atoms with Gasteiger partial charge in [0.1, 0.15) is 6.04 Å². The smallest absolute Gasteiger partial charge is 0.243 e. The molecule has 8 heteroatoms. The average molecular weight is 407 g/mol. The lowest BCUT2D eigenvalue weighted by molar-refractivity contribution is -0.122. The molecule has 0 heterocycles. The third kappa shape index (κ3) is 5.50. The Kier molecular flexibility index (Phi) is 7.00. The van der Waals surface area contributed by atoms with Crippen LogP contribution in [0.1, 0.15) is 39.0 Å². The van der Waals surface area contributed by atoms with Crippen molar-refractivity contribution in [2.75, 3.05) is 17.1 Å². The Balaban J connectivity index is 2.16. The summed E-state index contributed by atoms with van der Waals surface area (Å²) in [6, 6.07) is 3.62. The van der Waals surface area contributed by atoms with Crippen molar-refractivity contribution in [3.63, 3.8) is 0 Å². The molecule has 1 atom stereocenters.